The van der Waals surface area contributed by atoms with Crippen LogP contribution in [0.15, 0.2) is 0 Å². The summed E-state index contributed by atoms with van der Waals surface area (Å²) in [5.74, 6) is -3.99. The van der Waals surface area contributed by atoms with Gasteiger partial charge in [-0.15, -0.1) is 20.2 Å². The minimum absolute atomic E-state index is 1.54. The van der Waals surface area contributed by atoms with Crippen molar-refractivity contribution in [3.05, 3.63) is 20.2 Å². The van der Waals surface area contributed by atoms with Gasteiger partial charge in [0.1, 0.15) is 0 Å². The van der Waals surface area contributed by atoms with E-state index in [0.29, 0.717) is 0 Å². The van der Waals surface area contributed by atoms with Crippen LogP contribution in [0.2, 0.25) is 0 Å². The van der Waals surface area contributed by atoms with Crippen LogP contribution in [0.25, 0.3) is 0 Å². The molecule has 0 aliphatic carbocycles. The molecule has 0 radical (unpaired) electrons. The average molecular weight is 212 g/mol. The van der Waals surface area contributed by atoms with Gasteiger partial charge in [-0.25, -0.2) is 19.4 Å². The van der Waals surface area contributed by atoms with Crippen LogP contribution >= 0.6 is 0 Å². The fourth-order valence-electron chi connectivity index (χ4n) is 0.197. The van der Waals surface area contributed by atoms with Gasteiger partial charge in [0.25, 0.3) is 0 Å². The van der Waals surface area contributed by atoms with Gasteiger partial charge in [-0.2, -0.15) is 0 Å². The lowest BCUT2D eigenvalue weighted by atomic mass is 10.7. The topological polar surface area (TPSA) is 157 Å². The summed E-state index contributed by atoms with van der Waals surface area (Å²) in [7, 11) is 0. The maximum absolute atomic E-state index is 10.2. The fraction of sp³-hybridized carbons (Fsp3) is 0. The van der Waals surface area contributed by atoms with E-state index in [1.165, 1.54) is 0 Å². The number of rotatable bonds is 4. The van der Waals surface area contributed by atoms with Crippen LogP contribution in [0.3, 0.4) is 0 Å². The Morgan fingerprint density at radius 1 is 0.857 bits per heavy atom. The number of nitrogens with zero attached hydrogens (tertiary/aromatic N) is 2. The molecule has 0 bridgehead atoms. The quantitative estimate of drug-likeness (QED) is 0.228. The summed E-state index contributed by atoms with van der Waals surface area (Å²) in [5, 5.41) is 15.7. The van der Waals surface area contributed by atoms with E-state index < -0.39 is 22.1 Å². The second-order valence-corrected chi connectivity index (χ2v) is 1.34. The molecule has 78 valence electrons. The zero-order valence-electron chi connectivity index (χ0n) is 5.98. The molecule has 0 aromatic rings. The predicted octanol–water partition coefficient (Wildman–Crippen LogP) is -1.68. The fourth-order valence-corrected chi connectivity index (χ4v) is 0.197. The zero-order chi connectivity index (χ0) is 11.1. The molecule has 0 aromatic carbocycles. The molecule has 0 amide bonds. The Balaban J connectivity index is 3.82. The third-order valence-corrected chi connectivity index (χ3v) is 0.514. The molecule has 12 heteroatoms. The highest BCUT2D eigenvalue weighted by molar-refractivity contribution is 6.29. The molecule has 0 N–H and O–H groups in total. The van der Waals surface area contributed by atoms with Crippen molar-refractivity contribution in [2.45, 2.75) is 0 Å². The third kappa shape index (κ3) is 5.05. The van der Waals surface area contributed by atoms with E-state index in [0.717, 1.165) is 0 Å². The van der Waals surface area contributed by atoms with E-state index in [1.54, 1.807) is 0 Å². The van der Waals surface area contributed by atoms with Crippen molar-refractivity contribution >= 4 is 11.9 Å². The van der Waals surface area contributed by atoms with Gasteiger partial charge in [0.05, 0.1) is 0 Å². The van der Waals surface area contributed by atoms with Crippen LogP contribution in [-0.2, 0) is 29.3 Å². The molecule has 0 heterocycles. The summed E-state index contributed by atoms with van der Waals surface area (Å²) in [4.78, 5) is 51.6. The van der Waals surface area contributed by atoms with Gasteiger partial charge in [0.15, 0.2) is 0 Å². The lowest BCUT2D eigenvalue weighted by Gasteiger charge is -1.96. The largest absolute Gasteiger partial charge is 0.453 e. The summed E-state index contributed by atoms with van der Waals surface area (Å²) >= 11 is 0. The maximum Gasteiger partial charge on any atom is 0.453 e. The highest BCUT2D eigenvalue weighted by Gasteiger charge is 2.22. The van der Waals surface area contributed by atoms with Crippen molar-refractivity contribution in [3.63, 3.8) is 0 Å². The van der Waals surface area contributed by atoms with Gasteiger partial charge < -0.3 is 0 Å². The number of carbonyl (C=O) groups is 2. The molecule has 0 rings (SSSR count). The second-order valence-electron chi connectivity index (χ2n) is 1.34. The van der Waals surface area contributed by atoms with Gasteiger partial charge in [-0.3, -0.25) is 0 Å². The van der Waals surface area contributed by atoms with Gasteiger partial charge in [-0.05, 0) is 0 Å². The normalized spacial score (nSPS) is 8.29. The Bertz CT molecular complexity index is 241. The van der Waals surface area contributed by atoms with E-state index in [4.69, 9.17) is 0 Å². The highest BCUT2D eigenvalue weighted by atomic mass is 17.4. The first kappa shape index (κ1) is 11.3. The Labute approximate surface area is 73.0 Å². The summed E-state index contributed by atoms with van der Waals surface area (Å²) in [6.45, 7) is 0. The number of hydrogen-bond acceptors (Lipinski definition) is 10. The van der Waals surface area contributed by atoms with E-state index >= 15 is 0 Å². The molecule has 0 fully saturated rings. The van der Waals surface area contributed by atoms with Gasteiger partial charge in [0, 0.05) is 0 Å². The molecular weight excluding hydrogens is 212 g/mol. The lowest BCUT2D eigenvalue weighted by Crippen LogP contribution is -2.23. The first-order valence-corrected chi connectivity index (χ1v) is 2.50. The molecule has 0 aliphatic rings. The molecule has 0 saturated heterocycles. The molecule has 0 unspecified atom stereocenters. The summed E-state index contributed by atoms with van der Waals surface area (Å²) < 4.78 is 0. The molecule has 0 spiro atoms. The summed E-state index contributed by atoms with van der Waals surface area (Å²) in [6.07, 6.45) is 0. The van der Waals surface area contributed by atoms with E-state index in [2.05, 4.69) is 19.8 Å². The minimum Gasteiger partial charge on any atom is -0.247 e. The van der Waals surface area contributed by atoms with Crippen LogP contribution in [0.1, 0.15) is 0 Å². The SMILES string of the molecule is O=C(OO[N+](=O)[O-])C(=O)OO[N+](=O)[O-]. The van der Waals surface area contributed by atoms with E-state index in [-0.39, 0.29) is 0 Å². The Morgan fingerprint density at radius 3 is 1.36 bits per heavy atom. The first-order valence-electron chi connectivity index (χ1n) is 2.50. The maximum atomic E-state index is 10.2. The highest BCUT2D eigenvalue weighted by Crippen LogP contribution is 1.88. The molecule has 0 aliphatic heterocycles. The Kier molecular flexibility index (Phi) is 4.11. The van der Waals surface area contributed by atoms with Crippen molar-refractivity contribution in [3.8, 4) is 0 Å². The standard InChI is InChI=1S/C2N2O10/c5-1(11-13-3(7)8)2(6)12-14-4(9)10. The van der Waals surface area contributed by atoms with Gasteiger partial charge in [-0.1, -0.05) is 9.98 Å². The van der Waals surface area contributed by atoms with E-state index in [9.17, 15) is 29.8 Å². The first-order chi connectivity index (χ1) is 6.43. The monoisotopic (exact) mass is 212 g/mol. The van der Waals surface area contributed by atoms with Crippen molar-refractivity contribution < 1.29 is 39.5 Å². The lowest BCUT2D eigenvalue weighted by molar-refractivity contribution is -0.843. The van der Waals surface area contributed by atoms with E-state index in [1.807, 2.05) is 0 Å². The molecule has 0 aromatic heterocycles. The Morgan fingerprint density at radius 2 is 1.14 bits per heavy atom. The predicted molar refractivity (Wildman–Crippen MR) is 28.3 cm³/mol. The number of hydrogen-bond donors (Lipinski definition) is 0. The van der Waals surface area contributed by atoms with Crippen LogP contribution in [0.5, 0.6) is 0 Å². The second kappa shape index (κ2) is 5.07. The van der Waals surface area contributed by atoms with Crippen molar-refractivity contribution in [2.24, 2.45) is 0 Å². The van der Waals surface area contributed by atoms with Crippen LogP contribution < -0.4 is 0 Å². The van der Waals surface area contributed by atoms with Gasteiger partial charge >= 0.3 is 22.1 Å². The van der Waals surface area contributed by atoms with Crippen LogP contribution in [-0.4, -0.2) is 22.1 Å². The molecular formula is C2N2O10. The smallest absolute Gasteiger partial charge is 0.247 e. The molecule has 14 heavy (non-hydrogen) atoms. The van der Waals surface area contributed by atoms with Gasteiger partial charge in [0.2, 0.25) is 0 Å². The summed E-state index contributed by atoms with van der Waals surface area (Å²) in [5.41, 5.74) is 0. The van der Waals surface area contributed by atoms with Crippen molar-refractivity contribution in [1.29, 1.82) is 0 Å². The van der Waals surface area contributed by atoms with Crippen LogP contribution in [0, 0.1) is 20.2 Å². The third-order valence-electron chi connectivity index (χ3n) is 0.514. The Hall–Kier alpha value is -2.66. The van der Waals surface area contributed by atoms with Crippen LogP contribution in [0.4, 0.5) is 0 Å². The summed E-state index contributed by atoms with van der Waals surface area (Å²) in [6, 6.07) is 0. The zero-order valence-corrected chi connectivity index (χ0v) is 5.98. The molecule has 0 atom stereocenters. The molecule has 12 nitrogen and oxygen atoms in total. The van der Waals surface area contributed by atoms with Crippen molar-refractivity contribution in [1.82, 2.24) is 0 Å². The number of carbonyl (C=O) groups excluding carboxylic acids is 2. The molecule has 0 saturated carbocycles. The van der Waals surface area contributed by atoms with Crippen molar-refractivity contribution in [2.75, 3.05) is 0 Å². The average Bonchev–Trinajstić information content (AvgIpc) is 2.09. The minimum atomic E-state index is -2.00.